The topological polar surface area (TPSA) is 81.8 Å². The second kappa shape index (κ2) is 8.07. The molecule has 2 fully saturated rings. The van der Waals surface area contributed by atoms with Gasteiger partial charge in [-0.15, -0.1) is 0 Å². The van der Waals surface area contributed by atoms with E-state index in [-0.39, 0.29) is 17.5 Å². The molecule has 0 bridgehead atoms. The molecule has 25 heavy (non-hydrogen) atoms. The minimum Gasteiger partial charge on any atom is -0.377 e. The maximum atomic E-state index is 12.9. The fourth-order valence-corrected chi connectivity index (χ4v) is 3.47. The lowest BCUT2D eigenvalue weighted by Gasteiger charge is -2.38. The summed E-state index contributed by atoms with van der Waals surface area (Å²) in [7, 11) is 0. The van der Waals surface area contributed by atoms with E-state index in [2.05, 4.69) is 26.7 Å². The van der Waals surface area contributed by atoms with Crippen molar-refractivity contribution in [2.75, 3.05) is 59.0 Å². The van der Waals surface area contributed by atoms with E-state index in [0.29, 0.717) is 37.8 Å². The molecule has 1 amide bonds. The molecule has 8 heteroatoms. The van der Waals surface area contributed by atoms with E-state index in [0.717, 1.165) is 32.7 Å². The van der Waals surface area contributed by atoms with Gasteiger partial charge in [-0.1, -0.05) is 6.92 Å². The van der Waals surface area contributed by atoms with Crippen LogP contribution in [-0.2, 0) is 9.53 Å². The number of H-pyrrole nitrogens is 1. The fraction of sp³-hybridized carbons (Fsp3) is 0.706. The average molecular weight is 349 g/mol. The van der Waals surface area contributed by atoms with Gasteiger partial charge in [-0.2, -0.15) is 0 Å². The Kier molecular flexibility index (Phi) is 5.82. The number of piperazine rings is 1. The monoisotopic (exact) mass is 349 g/mol. The van der Waals surface area contributed by atoms with Crippen molar-refractivity contribution in [3.05, 3.63) is 27.9 Å². The zero-order valence-electron chi connectivity index (χ0n) is 15.0. The van der Waals surface area contributed by atoms with Gasteiger partial charge in [0.05, 0.1) is 31.5 Å². The van der Waals surface area contributed by atoms with Crippen molar-refractivity contribution in [1.82, 2.24) is 24.7 Å². The number of hydrogen-bond acceptors (Lipinski definition) is 6. The molecule has 1 N–H and O–H groups in total. The van der Waals surface area contributed by atoms with Gasteiger partial charge in [-0.25, -0.2) is 4.98 Å². The highest BCUT2D eigenvalue weighted by Crippen LogP contribution is 2.22. The number of carbonyl (C=O) groups is 1. The van der Waals surface area contributed by atoms with Crippen LogP contribution >= 0.6 is 0 Å². The first-order valence-electron chi connectivity index (χ1n) is 8.96. The first-order valence-corrected chi connectivity index (χ1v) is 8.96. The third kappa shape index (κ3) is 4.45. The molecule has 0 aromatic carbocycles. The Labute approximate surface area is 147 Å². The number of rotatable bonds is 4. The molecule has 2 aliphatic heterocycles. The third-order valence-corrected chi connectivity index (χ3v) is 4.94. The van der Waals surface area contributed by atoms with Crippen LogP contribution in [0.5, 0.6) is 0 Å². The number of ether oxygens (including phenoxy) is 1. The molecule has 0 aliphatic carbocycles. The Bertz CT molecular complexity index is 654. The molecule has 3 heterocycles. The number of aryl methyl sites for hydroxylation is 1. The summed E-state index contributed by atoms with van der Waals surface area (Å²) in [4.78, 5) is 38.1. The molecular weight excluding hydrogens is 322 g/mol. The van der Waals surface area contributed by atoms with Gasteiger partial charge in [0.15, 0.2) is 0 Å². The molecule has 3 rings (SSSR count). The minimum atomic E-state index is -0.292. The van der Waals surface area contributed by atoms with Crippen molar-refractivity contribution in [3.63, 3.8) is 0 Å². The number of carbonyl (C=O) groups excluding carboxylic acids is 1. The van der Waals surface area contributed by atoms with E-state index in [4.69, 9.17) is 4.74 Å². The van der Waals surface area contributed by atoms with E-state index < -0.39 is 0 Å². The van der Waals surface area contributed by atoms with Gasteiger partial charge < -0.3 is 19.5 Å². The number of aromatic amines is 1. The third-order valence-electron chi connectivity index (χ3n) is 4.94. The van der Waals surface area contributed by atoms with Crippen molar-refractivity contribution in [2.45, 2.75) is 19.9 Å². The van der Waals surface area contributed by atoms with Crippen LogP contribution < -0.4 is 5.56 Å². The number of amides is 1. The second-order valence-electron chi connectivity index (χ2n) is 6.64. The Hall–Kier alpha value is -1.77. The maximum Gasteiger partial charge on any atom is 0.251 e. The number of likely N-dealkylation sites (N-methyl/N-ethyl adjacent to an activating group) is 1. The molecule has 8 nitrogen and oxygen atoms in total. The summed E-state index contributed by atoms with van der Waals surface area (Å²) in [6.45, 7) is 10.6. The van der Waals surface area contributed by atoms with Crippen molar-refractivity contribution in [3.8, 4) is 0 Å². The summed E-state index contributed by atoms with van der Waals surface area (Å²) in [5, 5.41) is 0. The lowest BCUT2D eigenvalue weighted by atomic mass is 10.1. The van der Waals surface area contributed by atoms with Crippen LogP contribution in [0.4, 0.5) is 0 Å². The van der Waals surface area contributed by atoms with Crippen LogP contribution in [0.15, 0.2) is 10.9 Å². The van der Waals surface area contributed by atoms with Crippen molar-refractivity contribution >= 4 is 5.91 Å². The van der Waals surface area contributed by atoms with Gasteiger partial charge in [0.1, 0.15) is 5.82 Å². The zero-order chi connectivity index (χ0) is 17.8. The quantitative estimate of drug-likeness (QED) is 0.798. The van der Waals surface area contributed by atoms with E-state index in [1.165, 1.54) is 6.07 Å². The number of hydrogen-bond donors (Lipinski definition) is 1. The van der Waals surface area contributed by atoms with Gasteiger partial charge in [-0.05, 0) is 13.5 Å². The summed E-state index contributed by atoms with van der Waals surface area (Å²) in [5.74, 6) is 0.633. The molecule has 2 saturated heterocycles. The van der Waals surface area contributed by atoms with E-state index in [9.17, 15) is 9.59 Å². The molecule has 2 aliphatic rings. The predicted octanol–water partition coefficient (Wildman–Crippen LogP) is -0.384. The number of aromatic nitrogens is 2. The Balaban J connectivity index is 1.68. The highest BCUT2D eigenvalue weighted by atomic mass is 16.5. The standard InChI is InChI=1S/C17H27N5O3/c1-3-20-4-6-21(7-5-20)11-17(24)22-8-9-25-12-15(22)14-10-16(23)19-13(2)18-14/h10,15H,3-9,11-12H2,1-2H3,(H,18,19,23). The van der Waals surface area contributed by atoms with Crippen LogP contribution in [0.2, 0.25) is 0 Å². The number of nitrogens with one attached hydrogen (secondary N) is 1. The van der Waals surface area contributed by atoms with Gasteiger partial charge in [0.2, 0.25) is 5.91 Å². The highest BCUT2D eigenvalue weighted by molar-refractivity contribution is 5.79. The van der Waals surface area contributed by atoms with Crippen LogP contribution in [0, 0.1) is 6.92 Å². The zero-order valence-corrected chi connectivity index (χ0v) is 15.0. The number of morpholine rings is 1. The summed E-state index contributed by atoms with van der Waals surface area (Å²) >= 11 is 0. The molecule has 1 unspecified atom stereocenters. The second-order valence-corrected chi connectivity index (χ2v) is 6.64. The summed E-state index contributed by atoms with van der Waals surface area (Å²) < 4.78 is 5.55. The van der Waals surface area contributed by atoms with Gasteiger partial charge in [-0.3, -0.25) is 14.5 Å². The Morgan fingerprint density at radius 3 is 2.68 bits per heavy atom. The largest absolute Gasteiger partial charge is 0.377 e. The minimum absolute atomic E-state index is 0.0815. The number of nitrogens with zero attached hydrogens (tertiary/aromatic N) is 4. The van der Waals surface area contributed by atoms with Gasteiger partial charge in [0.25, 0.3) is 5.56 Å². The Morgan fingerprint density at radius 1 is 1.28 bits per heavy atom. The molecule has 0 radical (unpaired) electrons. The van der Waals surface area contributed by atoms with Crippen molar-refractivity contribution in [1.29, 1.82) is 0 Å². The maximum absolute atomic E-state index is 12.9. The fourth-order valence-electron chi connectivity index (χ4n) is 3.47. The predicted molar refractivity (Wildman–Crippen MR) is 93.4 cm³/mol. The molecule has 1 atom stereocenters. The van der Waals surface area contributed by atoms with E-state index >= 15 is 0 Å². The van der Waals surface area contributed by atoms with Crippen molar-refractivity contribution in [2.24, 2.45) is 0 Å². The van der Waals surface area contributed by atoms with Crippen molar-refractivity contribution < 1.29 is 9.53 Å². The first kappa shape index (κ1) is 18.0. The van der Waals surface area contributed by atoms with Gasteiger partial charge >= 0.3 is 0 Å². The van der Waals surface area contributed by atoms with Crippen LogP contribution in [0.25, 0.3) is 0 Å². The van der Waals surface area contributed by atoms with E-state index in [1.54, 1.807) is 6.92 Å². The molecule has 0 spiro atoms. The van der Waals surface area contributed by atoms with Crippen LogP contribution in [0.1, 0.15) is 24.5 Å². The molecular formula is C17H27N5O3. The molecule has 138 valence electrons. The first-order chi connectivity index (χ1) is 12.1. The lowest BCUT2D eigenvalue weighted by molar-refractivity contribution is -0.142. The lowest BCUT2D eigenvalue weighted by Crippen LogP contribution is -2.52. The molecule has 1 aromatic heterocycles. The SMILES string of the molecule is CCN1CCN(CC(=O)N2CCOCC2c2cc(=O)[nH]c(C)n2)CC1. The average Bonchev–Trinajstić information content (AvgIpc) is 2.61. The molecule has 0 saturated carbocycles. The van der Waals surface area contributed by atoms with Crippen LogP contribution in [0.3, 0.4) is 0 Å². The smallest absolute Gasteiger partial charge is 0.251 e. The highest BCUT2D eigenvalue weighted by Gasteiger charge is 2.31. The van der Waals surface area contributed by atoms with Crippen LogP contribution in [-0.4, -0.2) is 89.6 Å². The summed E-state index contributed by atoms with van der Waals surface area (Å²) in [5.41, 5.74) is 0.404. The normalized spacial score (nSPS) is 23.0. The summed E-state index contributed by atoms with van der Waals surface area (Å²) in [6.07, 6.45) is 0. The molecule has 1 aromatic rings. The Morgan fingerprint density at radius 2 is 2.00 bits per heavy atom. The van der Waals surface area contributed by atoms with E-state index in [1.807, 2.05) is 4.90 Å². The summed E-state index contributed by atoms with van der Waals surface area (Å²) in [6, 6.07) is 1.17. The van der Waals surface area contributed by atoms with Gasteiger partial charge in [0, 0.05) is 38.8 Å².